The SMILES string of the molecule is C[C@H]([NH3+])c1ccc(-c2ccccc2Cl)cc1.[Cl-]. The smallest absolute Gasteiger partial charge is 0.107 e. The van der Waals surface area contributed by atoms with Gasteiger partial charge < -0.3 is 18.1 Å². The van der Waals surface area contributed by atoms with Gasteiger partial charge in [-0.2, -0.15) is 0 Å². The number of hydrogen-bond acceptors (Lipinski definition) is 0. The zero-order valence-electron chi connectivity index (χ0n) is 9.66. The Morgan fingerprint density at radius 3 is 2.12 bits per heavy atom. The molecule has 90 valence electrons. The molecule has 2 aromatic carbocycles. The van der Waals surface area contributed by atoms with Gasteiger partial charge in [0.2, 0.25) is 0 Å². The quantitative estimate of drug-likeness (QED) is 0.812. The molecule has 0 unspecified atom stereocenters. The molecule has 0 saturated carbocycles. The maximum Gasteiger partial charge on any atom is 0.107 e. The van der Waals surface area contributed by atoms with E-state index in [1.165, 1.54) is 5.56 Å². The lowest BCUT2D eigenvalue weighted by atomic mass is 10.0. The molecule has 0 aliphatic rings. The zero-order valence-corrected chi connectivity index (χ0v) is 11.2. The van der Waals surface area contributed by atoms with Gasteiger partial charge in [0.15, 0.2) is 0 Å². The van der Waals surface area contributed by atoms with Gasteiger partial charge in [0, 0.05) is 16.1 Å². The molecule has 0 spiro atoms. The summed E-state index contributed by atoms with van der Waals surface area (Å²) in [5, 5.41) is 0.790. The van der Waals surface area contributed by atoms with Crippen LogP contribution in [0.3, 0.4) is 0 Å². The van der Waals surface area contributed by atoms with Gasteiger partial charge in [-0.3, -0.25) is 0 Å². The first-order valence-corrected chi connectivity index (χ1v) is 5.74. The van der Waals surface area contributed by atoms with Gasteiger partial charge in [-0.1, -0.05) is 54.1 Å². The largest absolute Gasteiger partial charge is 1.00 e. The van der Waals surface area contributed by atoms with Crippen molar-refractivity contribution in [3.05, 3.63) is 59.1 Å². The van der Waals surface area contributed by atoms with Gasteiger partial charge in [-0.05, 0) is 18.6 Å². The molecule has 0 saturated heterocycles. The minimum Gasteiger partial charge on any atom is -1.00 e. The molecule has 0 bridgehead atoms. The topological polar surface area (TPSA) is 27.6 Å². The molecule has 2 aromatic rings. The van der Waals surface area contributed by atoms with Crippen LogP contribution in [0.1, 0.15) is 18.5 Å². The highest BCUT2D eigenvalue weighted by atomic mass is 35.5. The van der Waals surface area contributed by atoms with Crippen molar-refractivity contribution in [2.75, 3.05) is 0 Å². The third-order valence-electron chi connectivity index (χ3n) is 2.66. The van der Waals surface area contributed by atoms with E-state index in [0.29, 0.717) is 6.04 Å². The second kappa shape index (κ2) is 6.06. The van der Waals surface area contributed by atoms with Gasteiger partial charge in [0.25, 0.3) is 0 Å². The van der Waals surface area contributed by atoms with E-state index in [4.69, 9.17) is 11.6 Å². The molecule has 1 nitrogen and oxygen atoms in total. The Labute approximate surface area is 113 Å². The van der Waals surface area contributed by atoms with E-state index in [0.717, 1.165) is 16.1 Å². The summed E-state index contributed by atoms with van der Waals surface area (Å²) in [7, 11) is 0. The molecule has 0 aliphatic carbocycles. The van der Waals surface area contributed by atoms with Gasteiger partial charge in [0.1, 0.15) is 6.04 Å². The summed E-state index contributed by atoms with van der Waals surface area (Å²) in [6.07, 6.45) is 0. The van der Waals surface area contributed by atoms with E-state index in [1.54, 1.807) is 0 Å². The van der Waals surface area contributed by atoms with E-state index in [1.807, 2.05) is 24.3 Å². The summed E-state index contributed by atoms with van der Waals surface area (Å²) in [5.74, 6) is 0. The van der Waals surface area contributed by atoms with Gasteiger partial charge in [-0.15, -0.1) is 0 Å². The predicted molar refractivity (Wildman–Crippen MR) is 68.2 cm³/mol. The molecule has 17 heavy (non-hydrogen) atoms. The minimum absolute atomic E-state index is 0. The van der Waals surface area contributed by atoms with Crippen molar-refractivity contribution in [3.8, 4) is 11.1 Å². The summed E-state index contributed by atoms with van der Waals surface area (Å²) in [6.45, 7) is 2.09. The molecular weight excluding hydrogens is 253 g/mol. The Bertz CT molecular complexity index is 478. The van der Waals surface area contributed by atoms with Crippen LogP contribution < -0.4 is 18.1 Å². The molecule has 0 aromatic heterocycles. The highest BCUT2D eigenvalue weighted by Crippen LogP contribution is 2.27. The second-order valence-electron chi connectivity index (χ2n) is 4.00. The van der Waals surface area contributed by atoms with Crippen molar-refractivity contribution in [1.29, 1.82) is 0 Å². The highest BCUT2D eigenvalue weighted by Gasteiger charge is 2.05. The molecule has 0 aliphatic heterocycles. The van der Waals surface area contributed by atoms with E-state index < -0.39 is 0 Å². The maximum absolute atomic E-state index is 6.15. The Balaban J connectivity index is 0.00000144. The van der Waals surface area contributed by atoms with Crippen LogP contribution in [0.25, 0.3) is 11.1 Å². The Morgan fingerprint density at radius 2 is 1.59 bits per heavy atom. The fraction of sp³-hybridized carbons (Fsp3) is 0.143. The zero-order chi connectivity index (χ0) is 11.5. The Morgan fingerprint density at radius 1 is 1.00 bits per heavy atom. The molecular formula is C14H15Cl2N. The van der Waals surface area contributed by atoms with Crippen LogP contribution in [0.15, 0.2) is 48.5 Å². The number of halogens is 2. The Kier molecular flexibility index (Phi) is 5.01. The van der Waals surface area contributed by atoms with Crippen LogP contribution in [0.4, 0.5) is 0 Å². The molecule has 0 radical (unpaired) electrons. The first-order chi connectivity index (χ1) is 7.68. The molecule has 1 atom stereocenters. The number of rotatable bonds is 2. The highest BCUT2D eigenvalue weighted by molar-refractivity contribution is 6.33. The lowest BCUT2D eigenvalue weighted by Gasteiger charge is -2.06. The summed E-state index contributed by atoms with van der Waals surface area (Å²) < 4.78 is 0. The van der Waals surface area contributed by atoms with E-state index >= 15 is 0 Å². The normalized spacial score (nSPS) is 11.7. The number of benzene rings is 2. The average molecular weight is 268 g/mol. The third-order valence-corrected chi connectivity index (χ3v) is 2.99. The average Bonchev–Trinajstić information content (AvgIpc) is 2.30. The first kappa shape index (κ1) is 14.0. The molecule has 3 N–H and O–H groups in total. The van der Waals surface area contributed by atoms with Crippen LogP contribution in [0.5, 0.6) is 0 Å². The molecule has 2 rings (SSSR count). The fourth-order valence-corrected chi connectivity index (χ4v) is 1.93. The van der Waals surface area contributed by atoms with Crippen LogP contribution in [0, 0.1) is 0 Å². The molecule has 0 heterocycles. The molecule has 0 amide bonds. The van der Waals surface area contributed by atoms with Crippen LogP contribution >= 0.6 is 11.6 Å². The monoisotopic (exact) mass is 267 g/mol. The third kappa shape index (κ3) is 3.22. The van der Waals surface area contributed by atoms with Gasteiger partial charge in [-0.25, -0.2) is 0 Å². The van der Waals surface area contributed by atoms with Gasteiger partial charge in [0.05, 0.1) is 0 Å². The van der Waals surface area contributed by atoms with Crippen molar-refractivity contribution in [2.45, 2.75) is 13.0 Å². The maximum atomic E-state index is 6.15. The molecule has 3 heteroatoms. The fourth-order valence-electron chi connectivity index (χ4n) is 1.69. The van der Waals surface area contributed by atoms with Crippen molar-refractivity contribution < 1.29 is 18.1 Å². The lowest BCUT2D eigenvalue weighted by molar-refractivity contribution is -0.420. The van der Waals surface area contributed by atoms with E-state index in [9.17, 15) is 0 Å². The standard InChI is InChI=1S/C14H14ClN.ClH/c1-10(16)11-6-8-12(9-7-11)13-4-2-3-5-14(13)15;/h2-10H,16H2,1H3;1H/t10-;/m0./s1. The summed E-state index contributed by atoms with van der Waals surface area (Å²) in [6, 6.07) is 16.6. The summed E-state index contributed by atoms with van der Waals surface area (Å²) >= 11 is 6.15. The van der Waals surface area contributed by atoms with Crippen molar-refractivity contribution in [1.82, 2.24) is 0 Å². The van der Waals surface area contributed by atoms with E-state index in [2.05, 4.69) is 36.9 Å². The number of quaternary nitrogens is 1. The van der Waals surface area contributed by atoms with Gasteiger partial charge >= 0.3 is 0 Å². The summed E-state index contributed by atoms with van der Waals surface area (Å²) in [4.78, 5) is 0. The Hall–Kier alpha value is -1.02. The molecule has 0 fully saturated rings. The lowest BCUT2D eigenvalue weighted by Crippen LogP contribution is -3.00. The van der Waals surface area contributed by atoms with E-state index in [-0.39, 0.29) is 12.4 Å². The summed E-state index contributed by atoms with van der Waals surface area (Å²) in [5.41, 5.74) is 7.47. The van der Waals surface area contributed by atoms with Crippen LogP contribution in [0.2, 0.25) is 5.02 Å². The first-order valence-electron chi connectivity index (χ1n) is 5.36. The van der Waals surface area contributed by atoms with Crippen LogP contribution in [-0.2, 0) is 0 Å². The van der Waals surface area contributed by atoms with Crippen molar-refractivity contribution in [3.63, 3.8) is 0 Å². The van der Waals surface area contributed by atoms with Crippen molar-refractivity contribution in [2.24, 2.45) is 0 Å². The minimum atomic E-state index is 0. The van der Waals surface area contributed by atoms with Crippen molar-refractivity contribution >= 4 is 11.6 Å². The number of hydrogen-bond donors (Lipinski definition) is 1. The van der Waals surface area contributed by atoms with Crippen LogP contribution in [-0.4, -0.2) is 0 Å². The predicted octanol–water partition coefficient (Wildman–Crippen LogP) is 0.314. The second-order valence-corrected chi connectivity index (χ2v) is 4.41.